The molecule has 4 rings (SSSR count). The highest BCUT2D eigenvalue weighted by Crippen LogP contribution is 2.30. The van der Waals surface area contributed by atoms with Crippen molar-refractivity contribution in [1.29, 1.82) is 0 Å². The van der Waals surface area contributed by atoms with E-state index in [1.165, 1.54) is 10.4 Å². The number of alkyl carbamates (subject to hydrolysis) is 1. The number of pyridine rings is 1. The zero-order valence-corrected chi connectivity index (χ0v) is 23.0. The lowest BCUT2D eigenvalue weighted by molar-refractivity contribution is -0.137. The highest BCUT2D eigenvalue weighted by atomic mass is 32.2. The summed E-state index contributed by atoms with van der Waals surface area (Å²) >= 11 is 0. The number of halogens is 3. The van der Waals surface area contributed by atoms with Gasteiger partial charge < -0.3 is 20.3 Å². The number of carbonyl (C=O) groups excluding carboxylic acids is 1. The maximum atomic E-state index is 13.2. The maximum Gasteiger partial charge on any atom is 0.417 e. The molecule has 0 unspecified atom stereocenters. The van der Waals surface area contributed by atoms with Crippen LogP contribution in [-0.2, 0) is 20.9 Å². The van der Waals surface area contributed by atoms with Gasteiger partial charge in [-0.1, -0.05) is 0 Å². The highest BCUT2D eigenvalue weighted by Gasteiger charge is 2.32. The first-order chi connectivity index (χ1) is 18.2. The van der Waals surface area contributed by atoms with Gasteiger partial charge in [0.15, 0.2) is 0 Å². The Morgan fingerprint density at radius 2 is 1.62 bits per heavy atom. The molecule has 2 aromatic rings. The number of nitrogens with zero attached hydrogens (tertiary/aromatic N) is 3. The monoisotopic (exact) mass is 569 g/mol. The van der Waals surface area contributed by atoms with Crippen LogP contribution in [0, 0.1) is 0 Å². The molecule has 0 spiro atoms. The normalized spacial score (nSPS) is 19.6. The zero-order chi connectivity index (χ0) is 28.4. The summed E-state index contributed by atoms with van der Waals surface area (Å²) in [5, 5.41) is 5.98. The molecule has 1 atom stereocenters. The second kappa shape index (κ2) is 11.2. The molecule has 2 saturated heterocycles. The van der Waals surface area contributed by atoms with Crippen molar-refractivity contribution in [3.63, 3.8) is 0 Å². The molecular weight excluding hydrogens is 535 g/mol. The number of nitrogens with one attached hydrogen (secondary N) is 2. The summed E-state index contributed by atoms with van der Waals surface area (Å²) in [5.74, 6) is 0.324. The molecule has 1 amide bonds. The van der Waals surface area contributed by atoms with E-state index in [2.05, 4.69) is 20.5 Å². The Kier molecular flexibility index (Phi) is 8.31. The Balaban J connectivity index is 1.28. The number of benzene rings is 1. The minimum atomic E-state index is -4.45. The van der Waals surface area contributed by atoms with E-state index in [9.17, 15) is 26.4 Å². The predicted octanol–water partition coefficient (Wildman–Crippen LogP) is 4.47. The highest BCUT2D eigenvalue weighted by molar-refractivity contribution is 7.89. The average molecular weight is 570 g/mol. The lowest BCUT2D eigenvalue weighted by Crippen LogP contribution is -2.42. The molecule has 0 saturated carbocycles. The third-order valence-corrected chi connectivity index (χ3v) is 8.56. The quantitative estimate of drug-likeness (QED) is 0.529. The summed E-state index contributed by atoms with van der Waals surface area (Å²) in [5.41, 5.74) is -0.518. The molecule has 2 fully saturated rings. The Bertz CT molecular complexity index is 1240. The minimum Gasteiger partial charge on any atom is -0.444 e. The summed E-state index contributed by atoms with van der Waals surface area (Å²) in [6, 6.07) is 8.82. The van der Waals surface area contributed by atoms with Crippen LogP contribution in [0.5, 0.6) is 0 Å². The first-order valence-corrected chi connectivity index (χ1v) is 14.3. The van der Waals surface area contributed by atoms with Gasteiger partial charge in [-0.15, -0.1) is 0 Å². The van der Waals surface area contributed by atoms with Crippen molar-refractivity contribution in [2.75, 3.05) is 36.4 Å². The van der Waals surface area contributed by atoms with Gasteiger partial charge in [0.05, 0.1) is 16.5 Å². The van der Waals surface area contributed by atoms with Crippen LogP contribution in [0.25, 0.3) is 0 Å². The van der Waals surface area contributed by atoms with Crippen LogP contribution in [-0.4, -0.2) is 67.7 Å². The number of ether oxygens (including phenoxy) is 1. The fraction of sp³-hybridized carbons (Fsp3) is 0.538. The summed E-state index contributed by atoms with van der Waals surface area (Å²) < 4.78 is 71.4. The van der Waals surface area contributed by atoms with Crippen molar-refractivity contribution in [2.24, 2.45) is 0 Å². The van der Waals surface area contributed by atoms with E-state index in [1.807, 2.05) is 20.8 Å². The Hall–Kier alpha value is -3.06. The Morgan fingerprint density at radius 1 is 0.974 bits per heavy atom. The van der Waals surface area contributed by atoms with Crippen LogP contribution >= 0.6 is 0 Å². The number of carbonyl (C=O) groups is 1. The molecule has 1 aromatic heterocycles. The standard InChI is InChI=1S/C26H34F3N5O4S/c1-25(2,3)38-24(35)32-20-10-13-33(17-20)21-5-7-22(8-6-21)39(36,37)34-14-11-19(12-15-34)31-23-9-4-18(16-30-23)26(27,28)29/h4-9,16,19-20H,10-15,17H2,1-3H3,(H,30,31)(H,32,35)/t20-/m0/s1. The fourth-order valence-corrected chi connectivity index (χ4v) is 6.13. The molecule has 2 aliphatic heterocycles. The van der Waals surface area contributed by atoms with Crippen molar-refractivity contribution in [2.45, 2.75) is 68.8 Å². The summed E-state index contributed by atoms with van der Waals surface area (Å²) in [7, 11) is -3.69. The van der Waals surface area contributed by atoms with E-state index in [1.54, 1.807) is 24.3 Å². The number of alkyl halides is 3. The van der Waals surface area contributed by atoms with Crippen LogP contribution in [0.3, 0.4) is 0 Å². The molecule has 0 radical (unpaired) electrons. The molecule has 0 aliphatic carbocycles. The van der Waals surface area contributed by atoms with Crippen LogP contribution in [0.15, 0.2) is 47.5 Å². The van der Waals surface area contributed by atoms with Crippen LogP contribution in [0.4, 0.5) is 29.5 Å². The third kappa shape index (κ3) is 7.53. The minimum absolute atomic E-state index is 0.0593. The zero-order valence-electron chi connectivity index (χ0n) is 22.2. The van der Waals surface area contributed by atoms with E-state index in [-0.39, 0.29) is 30.1 Å². The van der Waals surface area contributed by atoms with Crippen molar-refractivity contribution < 1.29 is 31.1 Å². The van der Waals surface area contributed by atoms with Gasteiger partial charge in [-0.3, -0.25) is 0 Å². The molecule has 13 heteroatoms. The molecule has 39 heavy (non-hydrogen) atoms. The van der Waals surface area contributed by atoms with Gasteiger partial charge in [0.2, 0.25) is 10.0 Å². The smallest absolute Gasteiger partial charge is 0.417 e. The second-order valence-corrected chi connectivity index (χ2v) is 12.8. The van der Waals surface area contributed by atoms with Crippen LogP contribution in [0.2, 0.25) is 0 Å². The number of sulfonamides is 1. The van der Waals surface area contributed by atoms with Gasteiger partial charge in [0.1, 0.15) is 11.4 Å². The number of aromatic nitrogens is 1. The van der Waals surface area contributed by atoms with Gasteiger partial charge >= 0.3 is 12.3 Å². The Morgan fingerprint density at radius 3 is 2.18 bits per heavy atom. The molecule has 2 N–H and O–H groups in total. The van der Waals surface area contributed by atoms with Gasteiger partial charge in [-0.25, -0.2) is 18.2 Å². The third-order valence-electron chi connectivity index (χ3n) is 6.65. The number of hydrogen-bond donors (Lipinski definition) is 2. The first-order valence-electron chi connectivity index (χ1n) is 12.9. The molecule has 0 bridgehead atoms. The number of anilines is 2. The van der Waals surface area contributed by atoms with Gasteiger partial charge in [0, 0.05) is 44.1 Å². The lowest BCUT2D eigenvalue weighted by atomic mass is 10.1. The summed E-state index contributed by atoms with van der Waals surface area (Å²) in [6.45, 7) is 7.31. The molecule has 214 valence electrons. The number of piperidine rings is 1. The largest absolute Gasteiger partial charge is 0.444 e. The second-order valence-electron chi connectivity index (χ2n) is 10.8. The van der Waals surface area contributed by atoms with Crippen molar-refractivity contribution in [1.82, 2.24) is 14.6 Å². The number of amides is 1. The number of rotatable bonds is 6. The summed E-state index contributed by atoms with van der Waals surface area (Å²) in [6.07, 6.45) is -2.36. The van der Waals surface area contributed by atoms with E-state index in [0.717, 1.165) is 30.9 Å². The topological polar surface area (TPSA) is 104 Å². The van der Waals surface area contributed by atoms with E-state index in [0.29, 0.717) is 25.2 Å². The lowest BCUT2D eigenvalue weighted by Gasteiger charge is -2.32. The van der Waals surface area contributed by atoms with Gasteiger partial charge in [0.25, 0.3) is 0 Å². The van der Waals surface area contributed by atoms with Gasteiger partial charge in [-0.2, -0.15) is 17.5 Å². The van der Waals surface area contributed by atoms with Crippen molar-refractivity contribution >= 4 is 27.6 Å². The molecule has 1 aromatic carbocycles. The van der Waals surface area contributed by atoms with E-state index >= 15 is 0 Å². The van der Waals surface area contributed by atoms with Crippen LogP contribution in [0.1, 0.15) is 45.6 Å². The average Bonchev–Trinajstić information content (AvgIpc) is 3.31. The maximum absolute atomic E-state index is 13.2. The molecule has 9 nitrogen and oxygen atoms in total. The van der Waals surface area contributed by atoms with E-state index in [4.69, 9.17) is 4.74 Å². The van der Waals surface area contributed by atoms with Crippen LogP contribution < -0.4 is 15.5 Å². The predicted molar refractivity (Wildman–Crippen MR) is 141 cm³/mol. The van der Waals surface area contributed by atoms with Gasteiger partial charge in [-0.05, 0) is 76.4 Å². The SMILES string of the molecule is CC(C)(C)OC(=O)N[C@H]1CCN(c2ccc(S(=O)(=O)N3CCC(Nc4ccc(C(F)(F)F)cn4)CC3)cc2)C1. The molecule has 2 aliphatic rings. The number of hydrogen-bond acceptors (Lipinski definition) is 7. The van der Waals surface area contributed by atoms with Crippen molar-refractivity contribution in [3.8, 4) is 0 Å². The Labute approximate surface area is 226 Å². The van der Waals surface area contributed by atoms with Crippen molar-refractivity contribution in [3.05, 3.63) is 48.2 Å². The first kappa shape index (κ1) is 28.9. The molecule has 3 heterocycles. The fourth-order valence-electron chi connectivity index (χ4n) is 4.66. The van der Waals surface area contributed by atoms with E-state index < -0.39 is 33.5 Å². The summed E-state index contributed by atoms with van der Waals surface area (Å²) in [4.78, 5) is 18.2. The molecular formula is C26H34F3N5O4S.